The van der Waals surface area contributed by atoms with Crippen molar-refractivity contribution in [1.29, 1.82) is 0 Å². The van der Waals surface area contributed by atoms with Crippen molar-refractivity contribution in [3.63, 3.8) is 0 Å². The summed E-state index contributed by atoms with van der Waals surface area (Å²) in [5, 5.41) is 5.62. The molecule has 6 heteroatoms. The number of carbonyl (C=O) groups is 1. The van der Waals surface area contributed by atoms with Gasteiger partial charge in [-0.05, 0) is 23.6 Å². The van der Waals surface area contributed by atoms with Gasteiger partial charge in [-0.3, -0.25) is 4.79 Å². The Morgan fingerprint density at radius 2 is 2.04 bits per heavy atom. The quantitative estimate of drug-likeness (QED) is 0.854. The molecule has 1 aromatic carbocycles. The molecule has 2 N–H and O–H groups in total. The van der Waals surface area contributed by atoms with Gasteiger partial charge in [0.2, 0.25) is 0 Å². The molecule has 0 bridgehead atoms. The maximum atomic E-state index is 13.1. The molecule has 0 radical (unpaired) electrons. The van der Waals surface area contributed by atoms with Crippen molar-refractivity contribution in [1.82, 2.24) is 4.90 Å². The Morgan fingerprint density at radius 1 is 1.20 bits per heavy atom. The average Bonchev–Trinajstić information content (AvgIpc) is 3.19. The van der Waals surface area contributed by atoms with Crippen LogP contribution in [0.1, 0.15) is 27.8 Å². The topological polar surface area (TPSA) is 46.0 Å². The molecule has 1 amide bonds. The smallest absolute Gasteiger partial charge is 0.257 e. The molecule has 1 saturated heterocycles. The predicted molar refractivity (Wildman–Crippen MR) is 99.2 cm³/mol. The van der Waals surface area contributed by atoms with E-state index in [9.17, 15) is 4.79 Å². The lowest BCUT2D eigenvalue weighted by atomic mass is 10.1. The van der Waals surface area contributed by atoms with E-state index in [1.807, 2.05) is 35.2 Å². The summed E-state index contributed by atoms with van der Waals surface area (Å²) in [6.45, 7) is 5.71. The number of quaternary nitrogens is 1. The van der Waals surface area contributed by atoms with Crippen LogP contribution in [0.4, 0.5) is 5.69 Å². The highest BCUT2D eigenvalue weighted by Crippen LogP contribution is 2.34. The standard InChI is InChI=1S/C19H23N3O2S/c23-19-15-5-1-2-6-16(15)20-18(17-7-3-14-25-17)22(19)9-4-8-21-10-12-24-13-11-21/h1-3,5-7,14,18,20H,4,8-13H2/p+1/t18-/m1/s1. The first-order chi connectivity index (χ1) is 12.3. The number of hydrogen-bond acceptors (Lipinski definition) is 4. The number of benzene rings is 1. The number of morpholine rings is 1. The van der Waals surface area contributed by atoms with Crippen LogP contribution < -0.4 is 10.2 Å². The summed E-state index contributed by atoms with van der Waals surface area (Å²) in [6, 6.07) is 12.0. The van der Waals surface area contributed by atoms with E-state index in [-0.39, 0.29) is 12.1 Å². The Bertz CT molecular complexity index is 713. The Morgan fingerprint density at radius 3 is 2.84 bits per heavy atom. The van der Waals surface area contributed by atoms with Crippen LogP contribution in [-0.4, -0.2) is 50.2 Å². The number of amides is 1. The molecule has 25 heavy (non-hydrogen) atoms. The molecule has 0 aliphatic carbocycles. The molecule has 5 nitrogen and oxygen atoms in total. The summed E-state index contributed by atoms with van der Waals surface area (Å²) in [5.74, 6) is 0.129. The van der Waals surface area contributed by atoms with E-state index in [1.54, 1.807) is 16.2 Å². The van der Waals surface area contributed by atoms with Crippen molar-refractivity contribution in [2.24, 2.45) is 0 Å². The van der Waals surface area contributed by atoms with Gasteiger partial charge in [-0.1, -0.05) is 18.2 Å². The lowest BCUT2D eigenvalue weighted by Gasteiger charge is -2.37. The highest BCUT2D eigenvalue weighted by Gasteiger charge is 2.33. The number of thiophene rings is 1. The van der Waals surface area contributed by atoms with Crippen LogP contribution in [0.2, 0.25) is 0 Å². The molecular formula is C19H24N3O2S+. The van der Waals surface area contributed by atoms with Gasteiger partial charge < -0.3 is 19.9 Å². The second-order valence-corrected chi connectivity index (χ2v) is 7.55. The molecule has 2 aliphatic rings. The Kier molecular flexibility index (Phi) is 5.01. The average molecular weight is 358 g/mol. The van der Waals surface area contributed by atoms with E-state index < -0.39 is 0 Å². The molecule has 4 rings (SSSR count). The van der Waals surface area contributed by atoms with Crippen molar-refractivity contribution < 1.29 is 14.4 Å². The second-order valence-electron chi connectivity index (χ2n) is 6.57. The number of para-hydroxylation sites is 1. The third-order valence-corrected chi connectivity index (χ3v) is 5.89. The van der Waals surface area contributed by atoms with Crippen LogP contribution in [0.3, 0.4) is 0 Å². The number of nitrogens with one attached hydrogen (secondary N) is 2. The molecule has 0 unspecified atom stereocenters. The van der Waals surface area contributed by atoms with E-state index in [0.717, 1.165) is 57.1 Å². The number of anilines is 1. The highest BCUT2D eigenvalue weighted by molar-refractivity contribution is 7.10. The van der Waals surface area contributed by atoms with E-state index >= 15 is 0 Å². The molecule has 1 aromatic heterocycles. The van der Waals surface area contributed by atoms with Gasteiger partial charge in [0.05, 0.1) is 25.3 Å². The summed E-state index contributed by atoms with van der Waals surface area (Å²) in [4.78, 5) is 17.8. The van der Waals surface area contributed by atoms with E-state index in [1.165, 1.54) is 4.88 Å². The zero-order valence-corrected chi connectivity index (χ0v) is 15.1. The summed E-state index contributed by atoms with van der Waals surface area (Å²) in [5.41, 5.74) is 1.70. The van der Waals surface area contributed by atoms with Crippen LogP contribution in [0.25, 0.3) is 0 Å². The Balaban J connectivity index is 1.49. The third-order valence-electron chi connectivity index (χ3n) is 4.96. The summed E-state index contributed by atoms with van der Waals surface area (Å²) < 4.78 is 5.42. The molecule has 1 atom stereocenters. The minimum absolute atomic E-state index is 0.0675. The minimum Gasteiger partial charge on any atom is -0.370 e. The van der Waals surface area contributed by atoms with Crippen molar-refractivity contribution in [3.05, 3.63) is 52.2 Å². The summed E-state index contributed by atoms with van der Waals surface area (Å²) in [7, 11) is 0. The van der Waals surface area contributed by atoms with Crippen LogP contribution >= 0.6 is 11.3 Å². The van der Waals surface area contributed by atoms with Crippen molar-refractivity contribution in [2.75, 3.05) is 44.7 Å². The number of fused-ring (bicyclic) bond motifs is 1. The fourth-order valence-corrected chi connectivity index (χ4v) is 4.39. The lowest BCUT2D eigenvalue weighted by molar-refractivity contribution is -0.908. The number of rotatable bonds is 5. The number of hydrogen-bond donors (Lipinski definition) is 2. The monoisotopic (exact) mass is 358 g/mol. The number of ether oxygens (including phenoxy) is 1. The van der Waals surface area contributed by atoms with Gasteiger partial charge in [-0.15, -0.1) is 11.3 Å². The van der Waals surface area contributed by atoms with Gasteiger partial charge >= 0.3 is 0 Å². The zero-order chi connectivity index (χ0) is 17.1. The molecule has 1 fully saturated rings. The number of nitrogens with zero attached hydrogens (tertiary/aromatic N) is 1. The van der Waals surface area contributed by atoms with Gasteiger partial charge in [0.1, 0.15) is 19.3 Å². The fourth-order valence-electron chi connectivity index (χ4n) is 3.60. The van der Waals surface area contributed by atoms with Crippen molar-refractivity contribution in [3.8, 4) is 0 Å². The zero-order valence-electron chi connectivity index (χ0n) is 14.2. The first-order valence-corrected chi connectivity index (χ1v) is 9.82. The maximum Gasteiger partial charge on any atom is 0.257 e. The Hall–Kier alpha value is -1.89. The first kappa shape index (κ1) is 16.6. The Labute approximate surface area is 152 Å². The normalized spacial score (nSPS) is 21.0. The summed E-state index contributed by atoms with van der Waals surface area (Å²) >= 11 is 1.69. The van der Waals surface area contributed by atoms with Crippen LogP contribution in [0.5, 0.6) is 0 Å². The molecule has 3 heterocycles. The van der Waals surface area contributed by atoms with Gasteiger partial charge in [0, 0.05) is 23.5 Å². The molecule has 2 aromatic rings. The van der Waals surface area contributed by atoms with Gasteiger partial charge in [0.15, 0.2) is 0 Å². The maximum absolute atomic E-state index is 13.1. The SMILES string of the molecule is O=C1c2ccccc2N[C@@H](c2cccs2)N1CCC[NH+]1CCOCC1. The minimum atomic E-state index is -0.0675. The van der Waals surface area contributed by atoms with E-state index in [2.05, 4.69) is 16.8 Å². The van der Waals surface area contributed by atoms with Gasteiger partial charge in [-0.25, -0.2) is 0 Å². The van der Waals surface area contributed by atoms with E-state index in [0.29, 0.717) is 0 Å². The molecule has 2 aliphatic heterocycles. The third kappa shape index (κ3) is 3.56. The second kappa shape index (κ2) is 7.56. The van der Waals surface area contributed by atoms with Crippen LogP contribution in [0.15, 0.2) is 41.8 Å². The van der Waals surface area contributed by atoms with Gasteiger partial charge in [0.25, 0.3) is 5.91 Å². The molecule has 0 spiro atoms. The predicted octanol–water partition coefficient (Wildman–Crippen LogP) is 1.62. The highest BCUT2D eigenvalue weighted by atomic mass is 32.1. The fraction of sp³-hybridized carbons (Fsp3) is 0.421. The lowest BCUT2D eigenvalue weighted by Crippen LogP contribution is -3.14. The van der Waals surface area contributed by atoms with Crippen LogP contribution in [-0.2, 0) is 4.74 Å². The number of carbonyl (C=O) groups excluding carboxylic acids is 1. The molecular weight excluding hydrogens is 334 g/mol. The van der Waals surface area contributed by atoms with Gasteiger partial charge in [-0.2, -0.15) is 0 Å². The first-order valence-electron chi connectivity index (χ1n) is 8.94. The molecule has 132 valence electrons. The molecule has 0 saturated carbocycles. The van der Waals surface area contributed by atoms with Crippen LogP contribution in [0, 0.1) is 0 Å². The van der Waals surface area contributed by atoms with Crippen molar-refractivity contribution >= 4 is 22.9 Å². The largest absolute Gasteiger partial charge is 0.370 e. The van der Waals surface area contributed by atoms with E-state index in [4.69, 9.17) is 4.74 Å². The summed E-state index contributed by atoms with van der Waals surface area (Å²) in [6.07, 6.45) is 0.939. The van der Waals surface area contributed by atoms with Crippen molar-refractivity contribution in [2.45, 2.75) is 12.6 Å².